The Morgan fingerprint density at radius 2 is 2.44 bits per heavy atom. The Morgan fingerprint density at radius 3 is 3.06 bits per heavy atom. The third-order valence-corrected chi connectivity index (χ3v) is 1.84. The summed E-state index contributed by atoms with van der Waals surface area (Å²) in [5, 5.41) is 14.7. The molecule has 0 radical (unpaired) electrons. The van der Waals surface area contributed by atoms with Crippen molar-refractivity contribution < 1.29 is 19.2 Å². The molecule has 0 aromatic carbocycles. The van der Waals surface area contributed by atoms with Crippen LogP contribution in [0, 0.1) is 6.92 Å². The molecule has 0 spiro atoms. The van der Waals surface area contributed by atoms with Crippen molar-refractivity contribution >= 4 is 5.91 Å². The van der Waals surface area contributed by atoms with Crippen LogP contribution in [0.3, 0.4) is 0 Å². The Labute approximate surface area is 93.6 Å². The first kappa shape index (κ1) is 12.7. The molecule has 6 nitrogen and oxygen atoms in total. The number of aliphatic hydroxyl groups is 1. The van der Waals surface area contributed by atoms with E-state index < -0.39 is 0 Å². The number of nitrogens with zero attached hydrogens (tertiary/aromatic N) is 1. The SMILES string of the molecule is Cc1cc(C(=O)NCCCOCCO)on1. The highest BCUT2D eigenvalue weighted by Gasteiger charge is 2.09. The number of rotatable bonds is 7. The van der Waals surface area contributed by atoms with E-state index in [9.17, 15) is 4.79 Å². The number of aryl methyl sites for hydroxylation is 1. The predicted molar refractivity (Wildman–Crippen MR) is 56.1 cm³/mol. The van der Waals surface area contributed by atoms with Gasteiger partial charge in [0, 0.05) is 19.2 Å². The minimum absolute atomic E-state index is 0.0176. The topological polar surface area (TPSA) is 84.6 Å². The van der Waals surface area contributed by atoms with E-state index in [1.54, 1.807) is 13.0 Å². The molecule has 1 aromatic rings. The Hall–Kier alpha value is -1.40. The fourth-order valence-electron chi connectivity index (χ4n) is 1.10. The second-order valence-corrected chi connectivity index (χ2v) is 3.28. The monoisotopic (exact) mass is 228 g/mol. The second kappa shape index (κ2) is 6.97. The lowest BCUT2D eigenvalue weighted by molar-refractivity contribution is 0.0851. The Bertz CT molecular complexity index is 324. The molecule has 1 amide bonds. The number of nitrogens with one attached hydrogen (secondary N) is 1. The van der Waals surface area contributed by atoms with Crippen molar-refractivity contribution in [3.8, 4) is 0 Å². The van der Waals surface area contributed by atoms with Crippen LogP contribution in [0.2, 0.25) is 0 Å². The van der Waals surface area contributed by atoms with E-state index in [4.69, 9.17) is 14.4 Å². The average molecular weight is 228 g/mol. The zero-order valence-corrected chi connectivity index (χ0v) is 9.23. The number of amides is 1. The maximum absolute atomic E-state index is 11.4. The van der Waals surface area contributed by atoms with Gasteiger partial charge in [-0.1, -0.05) is 5.16 Å². The first-order chi connectivity index (χ1) is 7.74. The molecule has 0 saturated carbocycles. The largest absolute Gasteiger partial charge is 0.394 e. The lowest BCUT2D eigenvalue weighted by Crippen LogP contribution is -2.25. The fourth-order valence-corrected chi connectivity index (χ4v) is 1.10. The molecule has 0 aliphatic carbocycles. The molecule has 0 unspecified atom stereocenters. The van der Waals surface area contributed by atoms with Gasteiger partial charge >= 0.3 is 0 Å². The Balaban J connectivity index is 2.11. The summed E-state index contributed by atoms with van der Waals surface area (Å²) >= 11 is 0. The molecule has 0 bridgehead atoms. The van der Waals surface area contributed by atoms with Crippen molar-refractivity contribution in [2.24, 2.45) is 0 Å². The Morgan fingerprint density at radius 1 is 1.62 bits per heavy atom. The molecule has 16 heavy (non-hydrogen) atoms. The van der Waals surface area contributed by atoms with Gasteiger partial charge in [0.25, 0.3) is 5.91 Å². The van der Waals surface area contributed by atoms with E-state index in [0.29, 0.717) is 31.9 Å². The first-order valence-corrected chi connectivity index (χ1v) is 5.14. The number of aliphatic hydroxyl groups excluding tert-OH is 1. The second-order valence-electron chi connectivity index (χ2n) is 3.28. The van der Waals surface area contributed by atoms with Crippen LogP contribution in [0.15, 0.2) is 10.6 Å². The van der Waals surface area contributed by atoms with Gasteiger partial charge < -0.3 is 19.7 Å². The zero-order valence-electron chi connectivity index (χ0n) is 9.23. The van der Waals surface area contributed by atoms with Crippen LogP contribution >= 0.6 is 0 Å². The molecule has 1 heterocycles. The maximum Gasteiger partial charge on any atom is 0.289 e. The lowest BCUT2D eigenvalue weighted by atomic mass is 10.3. The standard InChI is InChI=1S/C10H16N2O4/c1-8-7-9(16-12-8)10(14)11-3-2-5-15-6-4-13/h7,13H,2-6H2,1H3,(H,11,14). The summed E-state index contributed by atoms with van der Waals surface area (Å²) < 4.78 is 9.83. The predicted octanol–water partition coefficient (Wildman–Crippen LogP) is 0.112. The van der Waals surface area contributed by atoms with Crippen molar-refractivity contribution in [3.05, 3.63) is 17.5 Å². The molecule has 6 heteroatoms. The highest BCUT2D eigenvalue weighted by Crippen LogP contribution is 2.01. The van der Waals surface area contributed by atoms with E-state index >= 15 is 0 Å². The molecular weight excluding hydrogens is 212 g/mol. The van der Waals surface area contributed by atoms with Gasteiger partial charge in [-0.05, 0) is 13.3 Å². The van der Waals surface area contributed by atoms with Crippen molar-refractivity contribution in [3.63, 3.8) is 0 Å². The molecular formula is C10H16N2O4. The molecule has 0 aliphatic heterocycles. The zero-order chi connectivity index (χ0) is 11.8. The minimum atomic E-state index is -0.275. The summed E-state index contributed by atoms with van der Waals surface area (Å²) in [5.74, 6) is -0.0588. The summed E-state index contributed by atoms with van der Waals surface area (Å²) in [6, 6.07) is 1.58. The van der Waals surface area contributed by atoms with Crippen LogP contribution in [0.4, 0.5) is 0 Å². The van der Waals surface area contributed by atoms with E-state index in [2.05, 4.69) is 10.5 Å². The van der Waals surface area contributed by atoms with Crippen LogP contribution in [0.25, 0.3) is 0 Å². The maximum atomic E-state index is 11.4. The van der Waals surface area contributed by atoms with E-state index in [-0.39, 0.29) is 18.3 Å². The summed E-state index contributed by atoms with van der Waals surface area (Å²) in [6.07, 6.45) is 0.693. The Kier molecular flexibility index (Phi) is 5.52. The van der Waals surface area contributed by atoms with Crippen molar-refractivity contribution in [2.45, 2.75) is 13.3 Å². The van der Waals surface area contributed by atoms with Crippen molar-refractivity contribution in [2.75, 3.05) is 26.4 Å². The highest BCUT2D eigenvalue weighted by atomic mass is 16.5. The quantitative estimate of drug-likeness (QED) is 0.647. The molecule has 0 saturated heterocycles. The third kappa shape index (κ3) is 4.41. The van der Waals surface area contributed by atoms with Gasteiger partial charge in [0.1, 0.15) is 0 Å². The smallest absolute Gasteiger partial charge is 0.289 e. The number of ether oxygens (including phenoxy) is 1. The molecule has 1 rings (SSSR count). The van der Waals surface area contributed by atoms with Crippen LogP contribution in [-0.4, -0.2) is 42.5 Å². The van der Waals surface area contributed by atoms with Gasteiger partial charge in [-0.3, -0.25) is 4.79 Å². The molecule has 0 aliphatic rings. The normalized spacial score (nSPS) is 10.4. The summed E-state index contributed by atoms with van der Waals surface area (Å²) in [7, 11) is 0. The molecule has 90 valence electrons. The van der Waals surface area contributed by atoms with Gasteiger partial charge in [0.05, 0.1) is 18.9 Å². The van der Waals surface area contributed by atoms with Gasteiger partial charge in [-0.2, -0.15) is 0 Å². The van der Waals surface area contributed by atoms with E-state index in [0.717, 1.165) is 0 Å². The van der Waals surface area contributed by atoms with Crippen LogP contribution in [0.1, 0.15) is 22.7 Å². The number of hydrogen-bond acceptors (Lipinski definition) is 5. The molecule has 1 aromatic heterocycles. The van der Waals surface area contributed by atoms with Crippen LogP contribution < -0.4 is 5.32 Å². The van der Waals surface area contributed by atoms with Gasteiger partial charge in [0.15, 0.2) is 0 Å². The van der Waals surface area contributed by atoms with Crippen LogP contribution in [0.5, 0.6) is 0 Å². The number of aromatic nitrogens is 1. The highest BCUT2D eigenvalue weighted by molar-refractivity contribution is 5.91. The summed E-state index contributed by atoms with van der Waals surface area (Å²) in [6.45, 7) is 3.11. The van der Waals surface area contributed by atoms with Crippen molar-refractivity contribution in [1.82, 2.24) is 10.5 Å². The molecule has 0 fully saturated rings. The first-order valence-electron chi connectivity index (χ1n) is 5.14. The number of carbonyl (C=O) groups excluding carboxylic acids is 1. The minimum Gasteiger partial charge on any atom is -0.394 e. The summed E-state index contributed by atoms with van der Waals surface area (Å²) in [4.78, 5) is 11.4. The average Bonchev–Trinajstić information content (AvgIpc) is 2.70. The molecule has 2 N–H and O–H groups in total. The third-order valence-electron chi connectivity index (χ3n) is 1.84. The van der Waals surface area contributed by atoms with Crippen LogP contribution in [-0.2, 0) is 4.74 Å². The van der Waals surface area contributed by atoms with Gasteiger partial charge in [0.2, 0.25) is 5.76 Å². The number of hydrogen-bond donors (Lipinski definition) is 2. The van der Waals surface area contributed by atoms with Gasteiger partial charge in [-0.15, -0.1) is 0 Å². The number of carbonyl (C=O) groups is 1. The van der Waals surface area contributed by atoms with Gasteiger partial charge in [-0.25, -0.2) is 0 Å². The summed E-state index contributed by atoms with van der Waals surface area (Å²) in [5.41, 5.74) is 0.677. The molecule has 0 atom stereocenters. The fraction of sp³-hybridized carbons (Fsp3) is 0.600. The van der Waals surface area contributed by atoms with E-state index in [1.165, 1.54) is 0 Å². The van der Waals surface area contributed by atoms with E-state index in [1.807, 2.05) is 0 Å². The van der Waals surface area contributed by atoms with Crippen molar-refractivity contribution in [1.29, 1.82) is 0 Å². The lowest BCUT2D eigenvalue weighted by Gasteiger charge is -2.03.